The third-order valence-corrected chi connectivity index (χ3v) is 3.38. The molecular weight excluding hydrogens is 273 g/mol. The Bertz CT molecular complexity index is 689. The summed E-state index contributed by atoms with van der Waals surface area (Å²) >= 11 is 0. The van der Waals surface area contributed by atoms with Crippen LogP contribution in [0.4, 0.5) is 21.6 Å². The van der Waals surface area contributed by atoms with Crippen molar-refractivity contribution in [2.45, 2.75) is 20.8 Å². The summed E-state index contributed by atoms with van der Waals surface area (Å²) in [5.74, 6) is -0.254. The standard InChI is InChI=1S/C15H16FN3O2/c1-9-10(2)14(5-4-13(9)16)19(11(3)20)15-8-12(18-21)6-7-17-15/h4-8H,18H2,1-3H3. The molecule has 0 aliphatic carbocycles. The van der Waals surface area contributed by atoms with Crippen molar-refractivity contribution in [1.29, 1.82) is 0 Å². The number of hydrogen-bond donors (Lipinski definition) is 1. The summed E-state index contributed by atoms with van der Waals surface area (Å²) in [4.78, 5) is 17.5. The number of carbonyl (C=O) groups is 1. The van der Waals surface area contributed by atoms with Crippen LogP contribution >= 0.6 is 0 Å². The number of carbonyl (C=O) groups excluding carboxylic acids is 1. The van der Waals surface area contributed by atoms with Crippen LogP contribution in [0.25, 0.3) is 0 Å². The average Bonchev–Trinajstić information content (AvgIpc) is 2.47. The molecule has 5 nitrogen and oxygen atoms in total. The van der Waals surface area contributed by atoms with Gasteiger partial charge in [0.05, 0.1) is 5.69 Å². The molecule has 110 valence electrons. The Kier molecular flexibility index (Phi) is 4.30. The number of hydrogen-bond acceptors (Lipinski definition) is 3. The molecule has 1 amide bonds. The summed E-state index contributed by atoms with van der Waals surface area (Å²) in [5.41, 5.74) is 2.79. The second kappa shape index (κ2) is 5.99. The maximum Gasteiger partial charge on any atom is 0.229 e. The van der Waals surface area contributed by atoms with Crippen LogP contribution in [0.1, 0.15) is 18.1 Å². The minimum atomic E-state index is -0.325. The molecule has 6 heteroatoms. The number of quaternary nitrogens is 1. The lowest BCUT2D eigenvalue weighted by atomic mass is 10.1. The van der Waals surface area contributed by atoms with Crippen LogP contribution < -0.4 is 10.4 Å². The van der Waals surface area contributed by atoms with E-state index < -0.39 is 0 Å². The topological polar surface area (TPSA) is 72.9 Å². The van der Waals surface area contributed by atoms with Crippen molar-refractivity contribution in [3.63, 3.8) is 0 Å². The molecule has 0 fully saturated rings. The largest absolute Gasteiger partial charge is 0.630 e. The van der Waals surface area contributed by atoms with Crippen LogP contribution in [0.3, 0.4) is 0 Å². The lowest BCUT2D eigenvalue weighted by Gasteiger charge is -2.23. The summed E-state index contributed by atoms with van der Waals surface area (Å²) in [6, 6.07) is 5.93. The summed E-state index contributed by atoms with van der Waals surface area (Å²) in [6.07, 6.45) is 1.46. The summed E-state index contributed by atoms with van der Waals surface area (Å²) in [5, 5.41) is 10.9. The second-order valence-electron chi connectivity index (χ2n) is 4.74. The van der Waals surface area contributed by atoms with Gasteiger partial charge in [-0.15, -0.1) is 0 Å². The van der Waals surface area contributed by atoms with Crippen molar-refractivity contribution in [1.82, 2.24) is 4.98 Å². The van der Waals surface area contributed by atoms with Gasteiger partial charge in [0.25, 0.3) is 0 Å². The van der Waals surface area contributed by atoms with E-state index in [4.69, 9.17) is 0 Å². The zero-order valence-electron chi connectivity index (χ0n) is 12.1. The SMILES string of the molecule is CC(=O)N(c1cc([NH2+][O-])ccn1)c1ccc(F)c(C)c1C. The van der Waals surface area contributed by atoms with E-state index in [9.17, 15) is 14.4 Å². The molecule has 0 spiro atoms. The third kappa shape index (κ3) is 2.91. The molecule has 2 aromatic rings. The Labute approximate surface area is 122 Å². The molecule has 0 radical (unpaired) electrons. The number of anilines is 2. The van der Waals surface area contributed by atoms with E-state index in [-0.39, 0.29) is 11.7 Å². The first kappa shape index (κ1) is 15.1. The third-order valence-electron chi connectivity index (χ3n) is 3.38. The number of rotatable bonds is 3. The van der Waals surface area contributed by atoms with Gasteiger partial charge in [-0.1, -0.05) is 0 Å². The maximum atomic E-state index is 13.6. The average molecular weight is 289 g/mol. The first-order valence-electron chi connectivity index (χ1n) is 6.43. The Morgan fingerprint density at radius 3 is 2.62 bits per heavy atom. The number of benzene rings is 1. The lowest BCUT2D eigenvalue weighted by molar-refractivity contribution is -0.497. The van der Waals surface area contributed by atoms with Gasteiger partial charge < -0.3 is 10.7 Å². The van der Waals surface area contributed by atoms with Gasteiger partial charge in [-0.25, -0.2) is 9.37 Å². The first-order valence-corrected chi connectivity index (χ1v) is 6.43. The first-order chi connectivity index (χ1) is 9.95. The van der Waals surface area contributed by atoms with Crippen molar-refractivity contribution >= 4 is 23.1 Å². The molecule has 2 rings (SSSR count). The van der Waals surface area contributed by atoms with Crippen LogP contribution in [-0.4, -0.2) is 10.9 Å². The highest BCUT2D eigenvalue weighted by molar-refractivity contribution is 5.99. The second-order valence-corrected chi connectivity index (χ2v) is 4.74. The van der Waals surface area contributed by atoms with Crippen molar-refractivity contribution in [3.8, 4) is 0 Å². The molecule has 2 N–H and O–H groups in total. The van der Waals surface area contributed by atoms with E-state index in [1.807, 2.05) is 0 Å². The van der Waals surface area contributed by atoms with E-state index in [1.165, 1.54) is 36.2 Å². The Balaban J connectivity index is 2.59. The molecule has 1 heterocycles. The van der Waals surface area contributed by atoms with Crippen LogP contribution in [0.5, 0.6) is 0 Å². The maximum absolute atomic E-state index is 13.6. The lowest BCUT2D eigenvalue weighted by Crippen LogP contribution is -2.70. The van der Waals surface area contributed by atoms with Gasteiger partial charge >= 0.3 is 0 Å². The molecule has 0 atom stereocenters. The van der Waals surface area contributed by atoms with Crippen LogP contribution in [0.15, 0.2) is 30.5 Å². The Morgan fingerprint density at radius 2 is 2.00 bits per heavy atom. The summed E-state index contributed by atoms with van der Waals surface area (Å²) in [7, 11) is 0. The molecule has 0 aliphatic rings. The zero-order chi connectivity index (χ0) is 15.6. The Morgan fingerprint density at radius 1 is 1.29 bits per heavy atom. The summed E-state index contributed by atoms with van der Waals surface area (Å²) < 4.78 is 13.6. The highest BCUT2D eigenvalue weighted by Crippen LogP contribution is 2.30. The number of amides is 1. The monoisotopic (exact) mass is 289 g/mol. The number of pyridine rings is 1. The number of nitrogens with zero attached hydrogens (tertiary/aromatic N) is 2. The minimum Gasteiger partial charge on any atom is -0.630 e. The fourth-order valence-corrected chi connectivity index (χ4v) is 2.10. The Hall–Kier alpha value is -2.31. The summed E-state index contributed by atoms with van der Waals surface area (Å²) in [6.45, 7) is 4.79. The van der Waals surface area contributed by atoms with Crippen molar-refractivity contribution in [3.05, 3.63) is 52.6 Å². The van der Waals surface area contributed by atoms with E-state index in [0.29, 0.717) is 33.8 Å². The molecule has 0 bridgehead atoms. The fourth-order valence-electron chi connectivity index (χ4n) is 2.10. The van der Waals surface area contributed by atoms with E-state index in [2.05, 4.69) is 4.98 Å². The van der Waals surface area contributed by atoms with Gasteiger partial charge in [0.1, 0.15) is 17.3 Å². The smallest absolute Gasteiger partial charge is 0.229 e. The molecular formula is C15H16FN3O2. The van der Waals surface area contributed by atoms with Gasteiger partial charge in [-0.05, 0) is 37.1 Å². The molecule has 0 saturated carbocycles. The molecule has 0 unspecified atom stereocenters. The van der Waals surface area contributed by atoms with E-state index in [0.717, 1.165) is 0 Å². The molecule has 0 saturated heterocycles. The van der Waals surface area contributed by atoms with Gasteiger partial charge in [-0.2, -0.15) is 0 Å². The molecule has 0 aliphatic heterocycles. The number of nitrogens with two attached hydrogens (primary N) is 1. The highest BCUT2D eigenvalue weighted by atomic mass is 19.1. The van der Waals surface area contributed by atoms with E-state index >= 15 is 0 Å². The highest BCUT2D eigenvalue weighted by Gasteiger charge is 2.20. The normalized spacial score (nSPS) is 10.5. The predicted molar refractivity (Wildman–Crippen MR) is 77.9 cm³/mol. The predicted octanol–water partition coefficient (Wildman–Crippen LogP) is 2.21. The quantitative estimate of drug-likeness (QED) is 0.880. The van der Waals surface area contributed by atoms with E-state index in [1.54, 1.807) is 19.9 Å². The van der Waals surface area contributed by atoms with Crippen LogP contribution in [-0.2, 0) is 4.79 Å². The number of halogens is 1. The fraction of sp³-hybridized carbons (Fsp3) is 0.200. The van der Waals surface area contributed by atoms with Crippen molar-refractivity contribution < 1.29 is 14.7 Å². The van der Waals surface area contributed by atoms with Gasteiger partial charge in [-0.3, -0.25) is 9.69 Å². The van der Waals surface area contributed by atoms with Crippen molar-refractivity contribution in [2.24, 2.45) is 0 Å². The van der Waals surface area contributed by atoms with Crippen LogP contribution in [0, 0.1) is 24.9 Å². The molecule has 21 heavy (non-hydrogen) atoms. The van der Waals surface area contributed by atoms with Crippen LogP contribution in [0.2, 0.25) is 0 Å². The zero-order valence-corrected chi connectivity index (χ0v) is 12.1. The number of aromatic nitrogens is 1. The molecule has 1 aromatic heterocycles. The van der Waals surface area contributed by atoms with Gasteiger partial charge in [0, 0.05) is 25.3 Å². The molecule has 1 aromatic carbocycles. The van der Waals surface area contributed by atoms with Gasteiger partial charge in [0.15, 0.2) is 0 Å². The minimum absolute atomic E-state index is 0.264. The van der Waals surface area contributed by atoms with Gasteiger partial charge in [0.2, 0.25) is 5.91 Å². The van der Waals surface area contributed by atoms with Crippen molar-refractivity contribution in [2.75, 3.05) is 4.90 Å².